The predicted octanol–water partition coefficient (Wildman–Crippen LogP) is 1.96. The maximum absolute atomic E-state index is 10.9. The molecule has 1 fully saturated rings. The molecule has 18 heavy (non-hydrogen) atoms. The smallest absolute Gasteiger partial charge is 0.272 e. The quantitative estimate of drug-likeness (QED) is 0.594. The molecule has 5 heteroatoms. The number of piperazine rings is 1. The first-order valence-corrected chi connectivity index (χ1v) is 6.18. The summed E-state index contributed by atoms with van der Waals surface area (Å²) in [6.45, 7) is 7.78. The molecule has 0 aromatic heterocycles. The zero-order chi connectivity index (χ0) is 13.3. The van der Waals surface area contributed by atoms with Crippen LogP contribution in [0.15, 0.2) is 12.1 Å². The Labute approximate surface area is 107 Å². The fourth-order valence-electron chi connectivity index (χ4n) is 2.37. The highest BCUT2D eigenvalue weighted by molar-refractivity contribution is 5.61. The van der Waals surface area contributed by atoms with Gasteiger partial charge in [-0.3, -0.25) is 10.1 Å². The van der Waals surface area contributed by atoms with E-state index in [1.165, 1.54) is 0 Å². The molecule has 2 rings (SSSR count). The van der Waals surface area contributed by atoms with Crippen molar-refractivity contribution in [1.29, 1.82) is 0 Å². The Bertz CT molecular complexity index is 466. The van der Waals surface area contributed by atoms with Gasteiger partial charge < -0.3 is 9.80 Å². The van der Waals surface area contributed by atoms with E-state index in [1.807, 2.05) is 13.0 Å². The van der Waals surface area contributed by atoms with Crippen molar-refractivity contribution in [3.05, 3.63) is 33.4 Å². The number of nitro groups is 1. The van der Waals surface area contributed by atoms with E-state index in [0.717, 1.165) is 43.0 Å². The molecular formula is C13H19N3O2. The second kappa shape index (κ2) is 4.94. The molecule has 0 unspecified atom stereocenters. The molecule has 0 amide bonds. The maximum atomic E-state index is 10.9. The average Bonchev–Trinajstić information content (AvgIpc) is 2.32. The molecule has 0 atom stereocenters. The monoisotopic (exact) mass is 249 g/mol. The number of hydrogen-bond donors (Lipinski definition) is 0. The normalized spacial score (nSPS) is 16.9. The first-order chi connectivity index (χ1) is 8.49. The minimum absolute atomic E-state index is 0.213. The standard InChI is InChI=1S/C13H19N3O2/c1-10-9-13(16(17)18)11(2)8-12(10)15-6-4-14(3)5-7-15/h8-9H,4-7H2,1-3H3. The molecule has 0 radical (unpaired) electrons. The van der Waals surface area contributed by atoms with Crippen molar-refractivity contribution in [2.45, 2.75) is 13.8 Å². The van der Waals surface area contributed by atoms with Crippen molar-refractivity contribution < 1.29 is 4.92 Å². The minimum atomic E-state index is -0.309. The van der Waals surface area contributed by atoms with Gasteiger partial charge in [0.15, 0.2) is 0 Å². The van der Waals surface area contributed by atoms with Gasteiger partial charge in [-0.2, -0.15) is 0 Å². The lowest BCUT2D eigenvalue weighted by Gasteiger charge is -2.35. The largest absolute Gasteiger partial charge is 0.369 e. The summed E-state index contributed by atoms with van der Waals surface area (Å²) in [6.07, 6.45) is 0. The highest BCUT2D eigenvalue weighted by atomic mass is 16.6. The number of benzene rings is 1. The second-order valence-corrected chi connectivity index (χ2v) is 4.97. The number of nitrogens with zero attached hydrogens (tertiary/aromatic N) is 3. The van der Waals surface area contributed by atoms with E-state index in [1.54, 1.807) is 13.0 Å². The Kier molecular flexibility index (Phi) is 3.52. The molecule has 98 valence electrons. The number of hydrogen-bond acceptors (Lipinski definition) is 4. The summed E-state index contributed by atoms with van der Waals surface area (Å²) < 4.78 is 0. The Morgan fingerprint density at radius 2 is 1.72 bits per heavy atom. The summed E-state index contributed by atoms with van der Waals surface area (Å²) in [5.41, 5.74) is 3.06. The van der Waals surface area contributed by atoms with E-state index in [0.29, 0.717) is 0 Å². The van der Waals surface area contributed by atoms with Crippen LogP contribution >= 0.6 is 0 Å². The summed E-state index contributed by atoms with van der Waals surface area (Å²) in [5, 5.41) is 10.9. The third kappa shape index (κ3) is 2.46. The van der Waals surface area contributed by atoms with Crippen molar-refractivity contribution >= 4 is 11.4 Å². The van der Waals surface area contributed by atoms with Crippen molar-refractivity contribution in [3.8, 4) is 0 Å². The predicted molar refractivity (Wildman–Crippen MR) is 72.3 cm³/mol. The third-order valence-corrected chi connectivity index (χ3v) is 3.56. The lowest BCUT2D eigenvalue weighted by atomic mass is 10.1. The molecule has 1 saturated heterocycles. The molecule has 0 saturated carbocycles. The zero-order valence-corrected chi connectivity index (χ0v) is 11.1. The highest BCUT2D eigenvalue weighted by Gasteiger charge is 2.19. The number of rotatable bonds is 2. The first kappa shape index (κ1) is 12.8. The molecule has 0 aliphatic carbocycles. The number of aryl methyl sites for hydroxylation is 2. The SMILES string of the molecule is Cc1cc([N+](=O)[O-])c(C)cc1N1CCN(C)CC1. The lowest BCUT2D eigenvalue weighted by molar-refractivity contribution is -0.385. The molecule has 1 aromatic rings. The zero-order valence-electron chi connectivity index (χ0n) is 11.1. The summed E-state index contributed by atoms with van der Waals surface area (Å²) in [4.78, 5) is 15.2. The van der Waals surface area contributed by atoms with E-state index < -0.39 is 0 Å². The van der Waals surface area contributed by atoms with E-state index >= 15 is 0 Å². The lowest BCUT2D eigenvalue weighted by Crippen LogP contribution is -2.44. The van der Waals surface area contributed by atoms with E-state index in [4.69, 9.17) is 0 Å². The van der Waals surface area contributed by atoms with E-state index in [-0.39, 0.29) is 10.6 Å². The van der Waals surface area contributed by atoms with Gasteiger partial charge in [0.2, 0.25) is 0 Å². The molecule has 0 spiro atoms. The van der Waals surface area contributed by atoms with Crippen LogP contribution in [-0.2, 0) is 0 Å². The highest BCUT2D eigenvalue weighted by Crippen LogP contribution is 2.29. The molecule has 1 heterocycles. The summed E-state index contributed by atoms with van der Waals surface area (Å²) in [7, 11) is 2.12. The van der Waals surface area contributed by atoms with Crippen LogP contribution < -0.4 is 4.90 Å². The molecule has 1 aromatic carbocycles. The van der Waals surface area contributed by atoms with Gasteiger partial charge in [-0.1, -0.05) is 0 Å². The van der Waals surface area contributed by atoms with Crippen molar-refractivity contribution in [2.24, 2.45) is 0 Å². The maximum Gasteiger partial charge on any atom is 0.272 e. The van der Waals surface area contributed by atoms with Crippen molar-refractivity contribution in [1.82, 2.24) is 4.90 Å². The van der Waals surface area contributed by atoms with Crippen molar-refractivity contribution in [3.63, 3.8) is 0 Å². The van der Waals surface area contributed by atoms with Crippen LogP contribution in [0.3, 0.4) is 0 Å². The number of likely N-dealkylation sites (N-methyl/N-ethyl adjacent to an activating group) is 1. The Balaban J connectivity index is 2.29. The molecular weight excluding hydrogens is 230 g/mol. The summed E-state index contributed by atoms with van der Waals surface area (Å²) >= 11 is 0. The Hall–Kier alpha value is -1.62. The van der Waals surface area contributed by atoms with Gasteiger partial charge in [0, 0.05) is 43.5 Å². The number of anilines is 1. The number of nitro benzene ring substituents is 1. The van der Waals surface area contributed by atoms with Crippen LogP contribution in [-0.4, -0.2) is 43.0 Å². The van der Waals surface area contributed by atoms with Gasteiger partial charge in [0.05, 0.1) is 4.92 Å². The van der Waals surface area contributed by atoms with Gasteiger partial charge in [0.25, 0.3) is 5.69 Å². The van der Waals surface area contributed by atoms with Crippen LogP contribution in [0.5, 0.6) is 0 Å². The Morgan fingerprint density at radius 3 is 2.28 bits per heavy atom. The fourth-order valence-corrected chi connectivity index (χ4v) is 2.37. The van der Waals surface area contributed by atoms with Gasteiger partial charge >= 0.3 is 0 Å². The van der Waals surface area contributed by atoms with Crippen molar-refractivity contribution in [2.75, 3.05) is 38.1 Å². The molecule has 1 aliphatic rings. The summed E-state index contributed by atoms with van der Waals surface area (Å²) in [6, 6.07) is 3.63. The third-order valence-electron chi connectivity index (χ3n) is 3.56. The van der Waals surface area contributed by atoms with Crippen LogP contribution in [0.4, 0.5) is 11.4 Å². The average molecular weight is 249 g/mol. The van der Waals surface area contributed by atoms with Gasteiger partial charge in [0.1, 0.15) is 0 Å². The molecule has 0 bridgehead atoms. The van der Waals surface area contributed by atoms with Gasteiger partial charge in [-0.05, 0) is 32.5 Å². The Morgan fingerprint density at radius 1 is 1.11 bits per heavy atom. The van der Waals surface area contributed by atoms with Crippen LogP contribution in [0.1, 0.15) is 11.1 Å². The van der Waals surface area contributed by atoms with Crippen LogP contribution in [0.25, 0.3) is 0 Å². The van der Waals surface area contributed by atoms with Gasteiger partial charge in [-0.25, -0.2) is 0 Å². The molecule has 5 nitrogen and oxygen atoms in total. The molecule has 1 aliphatic heterocycles. The topological polar surface area (TPSA) is 49.6 Å². The van der Waals surface area contributed by atoms with Crippen LogP contribution in [0.2, 0.25) is 0 Å². The fraction of sp³-hybridized carbons (Fsp3) is 0.538. The molecule has 0 N–H and O–H groups in total. The van der Waals surface area contributed by atoms with Crippen LogP contribution in [0, 0.1) is 24.0 Å². The minimum Gasteiger partial charge on any atom is -0.369 e. The first-order valence-electron chi connectivity index (χ1n) is 6.18. The second-order valence-electron chi connectivity index (χ2n) is 4.97. The van der Waals surface area contributed by atoms with E-state index in [2.05, 4.69) is 16.8 Å². The van der Waals surface area contributed by atoms with Gasteiger partial charge in [-0.15, -0.1) is 0 Å². The summed E-state index contributed by atoms with van der Waals surface area (Å²) in [5.74, 6) is 0. The van der Waals surface area contributed by atoms with E-state index in [9.17, 15) is 10.1 Å².